The van der Waals surface area contributed by atoms with Crippen molar-refractivity contribution in [2.45, 2.75) is 96.5 Å². The lowest BCUT2D eigenvalue weighted by atomic mass is 9.78. The lowest BCUT2D eigenvalue weighted by Gasteiger charge is -2.44. The average Bonchev–Trinajstić information content (AvgIpc) is 2.27. The van der Waals surface area contributed by atoms with Gasteiger partial charge in [0.05, 0.1) is 6.04 Å². The lowest BCUT2D eigenvalue weighted by molar-refractivity contribution is -0.134. The Hall–Kier alpha value is 0.210. The van der Waals surface area contributed by atoms with Crippen molar-refractivity contribution in [1.29, 1.82) is 0 Å². The smallest absolute Gasteiger partial charge is 0.155 e. The first kappa shape index (κ1) is 21.3. The van der Waals surface area contributed by atoms with E-state index in [1.807, 2.05) is 20.8 Å². The number of rotatable bonds is 7. The summed E-state index contributed by atoms with van der Waals surface area (Å²) < 4.78 is -0.689. The molecular weight excluding hydrogens is 329 g/mol. The van der Waals surface area contributed by atoms with E-state index in [0.29, 0.717) is 12.3 Å². The first-order chi connectivity index (χ1) is 10.3. The van der Waals surface area contributed by atoms with Crippen LogP contribution in [0.5, 0.6) is 0 Å². The molecule has 0 spiro atoms. The summed E-state index contributed by atoms with van der Waals surface area (Å²) in [5.41, 5.74) is -0.417. The predicted molar refractivity (Wildman–Crippen MR) is 101 cm³/mol. The first-order valence-corrected chi connectivity index (χ1v) is 9.75. The number of nitrogens with zero attached hydrogens (tertiary/aromatic N) is 1. The van der Waals surface area contributed by atoms with Gasteiger partial charge in [-0.25, -0.2) is 0 Å². The summed E-state index contributed by atoms with van der Waals surface area (Å²) in [4.78, 5) is 15.4. The molecule has 1 fully saturated rings. The number of hydrogen-bond donors (Lipinski definition) is 0. The van der Waals surface area contributed by atoms with Crippen LogP contribution in [0.3, 0.4) is 0 Å². The van der Waals surface area contributed by atoms with Crippen LogP contribution >= 0.6 is 23.2 Å². The summed E-state index contributed by atoms with van der Waals surface area (Å²) in [5.74, 6) is 0.674. The zero-order valence-corrected chi connectivity index (χ0v) is 17.5. The Labute approximate surface area is 153 Å². The minimum absolute atomic E-state index is 0.0575. The van der Waals surface area contributed by atoms with Gasteiger partial charge in [0.15, 0.2) is 5.78 Å². The Morgan fingerprint density at radius 2 is 1.65 bits per heavy atom. The summed E-state index contributed by atoms with van der Waals surface area (Å²) in [6.07, 6.45) is 4.85. The number of carbonyl (C=O) groups is 1. The topological polar surface area (TPSA) is 20.3 Å². The maximum atomic E-state index is 13.1. The molecule has 0 aromatic rings. The summed E-state index contributed by atoms with van der Waals surface area (Å²) in [5, 5.41) is 0. The maximum absolute atomic E-state index is 13.1. The molecule has 0 amide bonds. The van der Waals surface area contributed by atoms with Crippen LogP contribution in [0.1, 0.15) is 80.6 Å². The largest absolute Gasteiger partial charge is 0.297 e. The predicted octanol–water partition coefficient (Wildman–Crippen LogP) is 5.84. The van der Waals surface area contributed by atoms with Crippen molar-refractivity contribution in [2.24, 2.45) is 11.3 Å². The molecular formula is C19H35Cl2NO. The molecule has 0 N–H and O–H groups in total. The third kappa shape index (κ3) is 5.61. The minimum Gasteiger partial charge on any atom is -0.297 e. The van der Waals surface area contributed by atoms with E-state index in [9.17, 15) is 4.79 Å². The Kier molecular flexibility index (Phi) is 7.04. The molecule has 23 heavy (non-hydrogen) atoms. The van der Waals surface area contributed by atoms with Crippen molar-refractivity contribution < 1.29 is 4.79 Å². The molecule has 136 valence electrons. The van der Waals surface area contributed by atoms with Crippen molar-refractivity contribution >= 4 is 29.0 Å². The van der Waals surface area contributed by atoms with E-state index < -0.39 is 4.33 Å². The zero-order chi connectivity index (χ0) is 18.1. The van der Waals surface area contributed by atoms with E-state index in [4.69, 9.17) is 23.2 Å². The van der Waals surface area contributed by atoms with Crippen LogP contribution in [-0.2, 0) is 4.79 Å². The molecule has 4 heteroatoms. The number of carbonyl (C=O) groups excluding carboxylic acids is 1. The van der Waals surface area contributed by atoms with E-state index in [-0.39, 0.29) is 22.8 Å². The second kappa shape index (κ2) is 7.62. The van der Waals surface area contributed by atoms with E-state index in [0.717, 1.165) is 25.8 Å². The SMILES string of the molecule is CCN([C@@H](CCC(Cl)(Cl)C1CCC1)C(=O)C(C)(C)C)C(C)(C)C. The molecule has 1 rings (SSSR count). The minimum atomic E-state index is -0.689. The van der Waals surface area contributed by atoms with Crippen LogP contribution in [0.15, 0.2) is 0 Å². The van der Waals surface area contributed by atoms with Crippen LogP contribution in [0, 0.1) is 11.3 Å². The number of likely N-dealkylation sites (N-methyl/N-ethyl adjacent to an activating group) is 1. The number of Topliss-reactive ketones (excluding diaryl/α,β-unsaturated/α-hetero) is 1. The summed E-state index contributed by atoms with van der Waals surface area (Å²) in [6.45, 7) is 15.5. The van der Waals surface area contributed by atoms with Gasteiger partial charge in [0.2, 0.25) is 0 Å². The summed E-state index contributed by atoms with van der Waals surface area (Å²) in [6, 6.07) is -0.128. The van der Waals surface area contributed by atoms with Gasteiger partial charge in [-0.3, -0.25) is 9.69 Å². The highest BCUT2D eigenvalue weighted by molar-refractivity contribution is 6.48. The number of alkyl halides is 2. The van der Waals surface area contributed by atoms with E-state index >= 15 is 0 Å². The van der Waals surface area contributed by atoms with Crippen molar-refractivity contribution in [3.05, 3.63) is 0 Å². The second-order valence-electron chi connectivity index (χ2n) is 9.01. The number of hydrogen-bond acceptors (Lipinski definition) is 2. The average molecular weight is 364 g/mol. The Bertz CT molecular complexity index is 403. The van der Waals surface area contributed by atoms with Crippen LogP contribution < -0.4 is 0 Å². The fourth-order valence-corrected chi connectivity index (χ4v) is 4.11. The third-order valence-corrected chi connectivity index (χ3v) is 6.07. The van der Waals surface area contributed by atoms with Gasteiger partial charge in [-0.15, -0.1) is 23.2 Å². The van der Waals surface area contributed by atoms with Crippen LogP contribution in [0.25, 0.3) is 0 Å². The standard InChI is InChI=1S/C19H35Cl2NO/c1-8-22(18(5,6)7)15(16(23)17(2,3)4)12-13-19(20,21)14-10-9-11-14/h14-15H,8-13H2,1-7H3/t15-/m0/s1. The summed E-state index contributed by atoms with van der Waals surface area (Å²) in [7, 11) is 0. The van der Waals surface area contributed by atoms with Crippen molar-refractivity contribution in [1.82, 2.24) is 4.90 Å². The molecule has 2 nitrogen and oxygen atoms in total. The Morgan fingerprint density at radius 3 is 1.96 bits per heavy atom. The molecule has 0 aliphatic heterocycles. The van der Waals surface area contributed by atoms with Gasteiger partial charge in [-0.05, 0) is 58.9 Å². The molecule has 0 radical (unpaired) electrons. The van der Waals surface area contributed by atoms with Gasteiger partial charge in [-0.2, -0.15) is 0 Å². The molecule has 1 atom stereocenters. The second-order valence-corrected chi connectivity index (χ2v) is 10.6. The molecule has 0 aromatic carbocycles. The molecule has 1 aliphatic rings. The van der Waals surface area contributed by atoms with Crippen LogP contribution in [0.4, 0.5) is 0 Å². The Balaban J connectivity index is 2.93. The number of ketones is 1. The van der Waals surface area contributed by atoms with Gasteiger partial charge in [0, 0.05) is 11.0 Å². The van der Waals surface area contributed by atoms with Gasteiger partial charge >= 0.3 is 0 Å². The summed E-state index contributed by atoms with van der Waals surface area (Å²) >= 11 is 13.2. The van der Waals surface area contributed by atoms with Gasteiger partial charge in [0.1, 0.15) is 4.33 Å². The highest BCUT2D eigenvalue weighted by Gasteiger charge is 2.42. The molecule has 0 bridgehead atoms. The molecule has 0 heterocycles. The Morgan fingerprint density at radius 1 is 1.13 bits per heavy atom. The highest BCUT2D eigenvalue weighted by Crippen LogP contribution is 2.46. The van der Waals surface area contributed by atoms with Crippen molar-refractivity contribution in [2.75, 3.05) is 6.54 Å². The third-order valence-electron chi connectivity index (χ3n) is 5.07. The van der Waals surface area contributed by atoms with E-state index in [2.05, 4.69) is 32.6 Å². The normalized spacial score (nSPS) is 18.9. The first-order valence-electron chi connectivity index (χ1n) is 8.99. The van der Waals surface area contributed by atoms with Gasteiger partial charge < -0.3 is 0 Å². The maximum Gasteiger partial charge on any atom is 0.155 e. The van der Waals surface area contributed by atoms with E-state index in [1.165, 1.54) is 6.42 Å². The van der Waals surface area contributed by atoms with Crippen molar-refractivity contribution in [3.63, 3.8) is 0 Å². The van der Waals surface area contributed by atoms with Gasteiger partial charge in [0.25, 0.3) is 0 Å². The fraction of sp³-hybridized carbons (Fsp3) is 0.947. The quantitative estimate of drug-likeness (QED) is 0.529. The van der Waals surface area contributed by atoms with Crippen LogP contribution in [0.2, 0.25) is 0 Å². The monoisotopic (exact) mass is 363 g/mol. The highest BCUT2D eigenvalue weighted by atomic mass is 35.5. The van der Waals surface area contributed by atoms with E-state index in [1.54, 1.807) is 0 Å². The zero-order valence-electron chi connectivity index (χ0n) is 16.0. The van der Waals surface area contributed by atoms with Crippen LogP contribution in [-0.4, -0.2) is 33.1 Å². The molecule has 0 saturated heterocycles. The van der Waals surface area contributed by atoms with Gasteiger partial charge in [-0.1, -0.05) is 34.1 Å². The molecule has 0 aromatic heterocycles. The van der Waals surface area contributed by atoms with Crippen molar-refractivity contribution in [3.8, 4) is 0 Å². The lowest BCUT2D eigenvalue weighted by Crippen LogP contribution is -2.54. The molecule has 1 aliphatic carbocycles. The molecule has 1 saturated carbocycles. The molecule has 0 unspecified atom stereocenters. The number of halogens is 2. The fourth-order valence-electron chi connectivity index (χ4n) is 3.45.